The van der Waals surface area contributed by atoms with Gasteiger partial charge in [0.15, 0.2) is 14.7 Å². The molecule has 0 N–H and O–H groups in total. The summed E-state index contributed by atoms with van der Waals surface area (Å²) < 4.78 is 0. The first kappa shape index (κ1) is 25.4. The topological polar surface area (TPSA) is 0 Å². The predicted octanol–water partition coefficient (Wildman–Crippen LogP) is 9.82. The monoisotopic (exact) mass is 517 g/mol. The molecule has 0 saturated carbocycles. The fourth-order valence-electron chi connectivity index (χ4n) is 4.33. The Morgan fingerprint density at radius 3 is 1.35 bits per heavy atom. The molecule has 0 spiro atoms. The van der Waals surface area contributed by atoms with E-state index in [2.05, 4.69) is 154 Å². The Labute approximate surface area is 229 Å². The summed E-state index contributed by atoms with van der Waals surface area (Å²) in [6, 6.07) is 48.8. The Balaban J connectivity index is 1.27. The molecule has 0 aliphatic rings. The molecule has 5 aromatic carbocycles. The quantitative estimate of drug-likeness (QED) is 0.194. The van der Waals surface area contributed by atoms with Crippen molar-refractivity contribution in [2.24, 2.45) is 0 Å². The molecule has 0 aliphatic carbocycles. The third kappa shape index (κ3) is 6.57. The molecule has 0 heterocycles. The SMILES string of the molecule is CC(C)(C)c1ccc(Cc2ccc(Sc3ccc([S+](c4ccccc4)c4ccccc4)cc3)cc2)cc1. The molecular weight excluding hydrogens is 485 g/mol. The number of hydrogen-bond donors (Lipinski definition) is 0. The third-order valence-corrected chi connectivity index (χ3v) is 9.65. The summed E-state index contributed by atoms with van der Waals surface area (Å²) in [6.07, 6.45) is 0.964. The lowest BCUT2D eigenvalue weighted by Gasteiger charge is -2.19. The van der Waals surface area contributed by atoms with E-state index in [1.165, 1.54) is 41.2 Å². The van der Waals surface area contributed by atoms with Crippen molar-refractivity contribution in [3.63, 3.8) is 0 Å². The van der Waals surface area contributed by atoms with Crippen LogP contribution >= 0.6 is 11.8 Å². The summed E-state index contributed by atoms with van der Waals surface area (Å²) in [6.45, 7) is 6.78. The van der Waals surface area contributed by atoms with Crippen LogP contribution in [0.2, 0.25) is 0 Å². The first-order valence-corrected chi connectivity index (χ1v) is 14.8. The van der Waals surface area contributed by atoms with Gasteiger partial charge in [0.05, 0.1) is 10.9 Å². The molecule has 0 fully saturated rings. The molecule has 0 radical (unpaired) electrons. The van der Waals surface area contributed by atoms with Crippen LogP contribution in [0.5, 0.6) is 0 Å². The Hall–Kier alpha value is -3.20. The van der Waals surface area contributed by atoms with Crippen molar-refractivity contribution in [3.8, 4) is 0 Å². The van der Waals surface area contributed by atoms with Gasteiger partial charge in [-0.25, -0.2) is 0 Å². The van der Waals surface area contributed by atoms with Gasteiger partial charge in [0.25, 0.3) is 0 Å². The molecule has 0 unspecified atom stereocenters. The lowest BCUT2D eigenvalue weighted by atomic mass is 9.86. The number of hydrogen-bond acceptors (Lipinski definition) is 1. The Bertz CT molecular complexity index is 1360. The maximum atomic E-state index is 2.29. The summed E-state index contributed by atoms with van der Waals surface area (Å²) in [5, 5.41) is 0. The average molecular weight is 518 g/mol. The van der Waals surface area contributed by atoms with E-state index in [-0.39, 0.29) is 16.3 Å². The average Bonchev–Trinajstić information content (AvgIpc) is 2.92. The van der Waals surface area contributed by atoms with Crippen LogP contribution in [-0.2, 0) is 22.7 Å². The zero-order valence-corrected chi connectivity index (χ0v) is 23.4. The second-order valence-corrected chi connectivity index (χ2v) is 13.4. The van der Waals surface area contributed by atoms with E-state index in [0.29, 0.717) is 0 Å². The normalized spacial score (nSPS) is 11.6. The summed E-state index contributed by atoms with van der Waals surface area (Å²) in [5.41, 5.74) is 4.28. The molecule has 0 nitrogen and oxygen atoms in total. The van der Waals surface area contributed by atoms with E-state index in [9.17, 15) is 0 Å². The highest BCUT2D eigenvalue weighted by Gasteiger charge is 2.28. The molecule has 5 aromatic rings. The van der Waals surface area contributed by atoms with Gasteiger partial charge >= 0.3 is 0 Å². The second kappa shape index (κ2) is 11.5. The first-order chi connectivity index (χ1) is 18.0. The second-order valence-electron chi connectivity index (χ2n) is 10.3. The standard InChI is InChI=1S/C35H33S2/c1-35(2,3)29-18-14-27(15-19-29)26-28-16-20-30(21-17-28)36-31-22-24-34(25-23-31)37(32-10-6-4-7-11-32)33-12-8-5-9-13-33/h4-25H,26H2,1-3H3/q+1. The van der Waals surface area contributed by atoms with Crippen LogP contribution in [0.4, 0.5) is 0 Å². The molecule has 0 amide bonds. The van der Waals surface area contributed by atoms with E-state index in [4.69, 9.17) is 0 Å². The summed E-state index contributed by atoms with van der Waals surface area (Å²) >= 11 is 1.82. The Kier molecular flexibility index (Phi) is 7.88. The van der Waals surface area contributed by atoms with E-state index >= 15 is 0 Å². The molecule has 0 atom stereocenters. The molecule has 184 valence electrons. The Morgan fingerprint density at radius 2 is 0.892 bits per heavy atom. The van der Waals surface area contributed by atoms with Gasteiger partial charge < -0.3 is 0 Å². The van der Waals surface area contributed by atoms with Crippen molar-refractivity contribution >= 4 is 22.7 Å². The van der Waals surface area contributed by atoms with E-state index < -0.39 is 0 Å². The summed E-state index contributed by atoms with van der Waals surface area (Å²) in [5.74, 6) is 0. The summed E-state index contributed by atoms with van der Waals surface area (Å²) in [7, 11) is -0.108. The highest BCUT2D eigenvalue weighted by atomic mass is 32.2. The molecule has 0 aromatic heterocycles. The van der Waals surface area contributed by atoms with Crippen molar-refractivity contribution in [1.29, 1.82) is 0 Å². The minimum atomic E-state index is -0.108. The van der Waals surface area contributed by atoms with Crippen LogP contribution in [0, 0.1) is 0 Å². The van der Waals surface area contributed by atoms with Gasteiger partial charge in [0, 0.05) is 9.79 Å². The van der Waals surface area contributed by atoms with Crippen molar-refractivity contribution < 1.29 is 0 Å². The van der Waals surface area contributed by atoms with Crippen LogP contribution in [0.25, 0.3) is 0 Å². The number of rotatable bonds is 7. The molecular formula is C35H33S2+. The van der Waals surface area contributed by atoms with Crippen molar-refractivity contribution in [1.82, 2.24) is 0 Å². The predicted molar refractivity (Wildman–Crippen MR) is 160 cm³/mol. The zero-order valence-electron chi connectivity index (χ0n) is 21.7. The van der Waals surface area contributed by atoms with Gasteiger partial charge in [-0.05, 0) is 89.2 Å². The minimum Gasteiger partial charge on any atom is -0.0901 e. The van der Waals surface area contributed by atoms with Crippen LogP contribution < -0.4 is 0 Å². The summed E-state index contributed by atoms with van der Waals surface area (Å²) in [4.78, 5) is 6.56. The molecule has 0 bridgehead atoms. The van der Waals surface area contributed by atoms with Gasteiger partial charge in [-0.2, -0.15) is 0 Å². The lowest BCUT2D eigenvalue weighted by Crippen LogP contribution is -2.10. The van der Waals surface area contributed by atoms with Crippen molar-refractivity contribution in [2.75, 3.05) is 0 Å². The Morgan fingerprint density at radius 1 is 0.486 bits per heavy atom. The molecule has 37 heavy (non-hydrogen) atoms. The van der Waals surface area contributed by atoms with Crippen molar-refractivity contribution in [2.45, 2.75) is 57.1 Å². The van der Waals surface area contributed by atoms with Gasteiger partial charge in [0.2, 0.25) is 0 Å². The maximum absolute atomic E-state index is 2.29. The van der Waals surface area contributed by atoms with Crippen LogP contribution in [-0.4, -0.2) is 0 Å². The van der Waals surface area contributed by atoms with Crippen LogP contribution in [0.3, 0.4) is 0 Å². The molecule has 5 rings (SSSR count). The van der Waals surface area contributed by atoms with Crippen molar-refractivity contribution in [3.05, 3.63) is 150 Å². The first-order valence-electron chi connectivity index (χ1n) is 12.8. The highest BCUT2D eigenvalue weighted by molar-refractivity contribution is 7.99. The molecule has 0 saturated heterocycles. The fourth-order valence-corrected chi connectivity index (χ4v) is 7.23. The van der Waals surface area contributed by atoms with Gasteiger partial charge in [-0.1, -0.05) is 105 Å². The maximum Gasteiger partial charge on any atom is 0.166 e. The smallest absolute Gasteiger partial charge is 0.0901 e. The van der Waals surface area contributed by atoms with E-state index in [1.54, 1.807) is 0 Å². The zero-order chi connectivity index (χ0) is 25.7. The van der Waals surface area contributed by atoms with E-state index in [0.717, 1.165) is 6.42 Å². The van der Waals surface area contributed by atoms with Gasteiger partial charge in [-0.3, -0.25) is 0 Å². The van der Waals surface area contributed by atoms with Gasteiger partial charge in [-0.15, -0.1) is 0 Å². The fraction of sp³-hybridized carbons (Fsp3) is 0.143. The highest BCUT2D eigenvalue weighted by Crippen LogP contribution is 2.34. The van der Waals surface area contributed by atoms with Gasteiger partial charge in [0.1, 0.15) is 0 Å². The number of benzene rings is 5. The van der Waals surface area contributed by atoms with Crippen LogP contribution in [0.15, 0.2) is 158 Å². The third-order valence-electron chi connectivity index (χ3n) is 6.40. The lowest BCUT2D eigenvalue weighted by molar-refractivity contribution is 0.590. The molecule has 2 heteroatoms. The minimum absolute atomic E-state index is 0.108. The van der Waals surface area contributed by atoms with E-state index in [1.807, 2.05) is 11.8 Å². The molecule has 0 aliphatic heterocycles. The largest absolute Gasteiger partial charge is 0.166 e. The van der Waals surface area contributed by atoms with Crippen LogP contribution in [0.1, 0.15) is 37.5 Å².